The highest BCUT2D eigenvalue weighted by Gasteiger charge is 2.50. The lowest BCUT2D eigenvalue weighted by Gasteiger charge is -2.38. The fraction of sp³-hybridized carbons (Fsp3) is 0.333. The van der Waals surface area contributed by atoms with Gasteiger partial charge in [-0.25, -0.2) is 15.0 Å². The quantitative estimate of drug-likeness (QED) is 0.239. The van der Waals surface area contributed by atoms with Crippen molar-refractivity contribution < 1.29 is 13.6 Å². The van der Waals surface area contributed by atoms with E-state index >= 15 is 0 Å². The molecule has 1 amide bonds. The highest BCUT2D eigenvalue weighted by molar-refractivity contribution is 5.86. The fourth-order valence-corrected chi connectivity index (χ4v) is 7.26. The molecule has 2 aromatic carbocycles. The van der Waals surface area contributed by atoms with Gasteiger partial charge >= 0.3 is 5.92 Å². The number of rotatable bonds is 6. The first-order valence-corrected chi connectivity index (χ1v) is 16.2. The summed E-state index contributed by atoms with van der Waals surface area (Å²) < 4.78 is 29.8. The molecule has 0 atom stereocenters. The zero-order chi connectivity index (χ0) is 32.3. The van der Waals surface area contributed by atoms with E-state index in [9.17, 15) is 13.6 Å². The largest absolute Gasteiger partial charge is 0.383 e. The maximum absolute atomic E-state index is 13.9. The Morgan fingerprint density at radius 2 is 1.64 bits per heavy atom. The summed E-state index contributed by atoms with van der Waals surface area (Å²) in [5.41, 5.74) is 19.6. The van der Waals surface area contributed by atoms with Crippen LogP contribution in [0.2, 0.25) is 0 Å². The topological polar surface area (TPSA) is 119 Å². The monoisotopic (exact) mass is 634 g/mol. The number of hydrogen-bond acceptors (Lipinski definition) is 7. The summed E-state index contributed by atoms with van der Waals surface area (Å²) in [5.74, 6) is -3.21. The molecule has 1 saturated carbocycles. The second-order valence-electron chi connectivity index (χ2n) is 13.0. The lowest BCUT2D eigenvalue weighted by molar-refractivity contribution is -0.149. The fourth-order valence-electron chi connectivity index (χ4n) is 7.26. The number of hydrogen-bond donors (Lipinski definition) is 2. The van der Waals surface area contributed by atoms with E-state index in [1.165, 1.54) is 4.90 Å². The van der Waals surface area contributed by atoms with E-state index in [0.717, 1.165) is 58.5 Å². The first-order chi connectivity index (χ1) is 22.7. The van der Waals surface area contributed by atoms with Gasteiger partial charge in [0.25, 0.3) is 5.91 Å². The van der Waals surface area contributed by atoms with Crippen LogP contribution in [0.4, 0.5) is 20.3 Å². The van der Waals surface area contributed by atoms with E-state index in [0.29, 0.717) is 43.2 Å². The molecule has 47 heavy (non-hydrogen) atoms. The van der Waals surface area contributed by atoms with Crippen LogP contribution in [0.15, 0.2) is 79.0 Å². The Morgan fingerprint density at radius 3 is 2.32 bits per heavy atom. The summed E-state index contributed by atoms with van der Waals surface area (Å²) in [4.78, 5) is 30.3. The Hall–Kier alpha value is -4.90. The molecule has 5 aromatic rings. The third-order valence-electron chi connectivity index (χ3n) is 10.2. The van der Waals surface area contributed by atoms with Crippen LogP contribution < -0.4 is 16.4 Å². The number of halogens is 2. The smallest absolute Gasteiger partial charge is 0.326 e. The van der Waals surface area contributed by atoms with Gasteiger partial charge in [0.05, 0.1) is 11.3 Å². The first kappa shape index (κ1) is 29.5. The van der Waals surface area contributed by atoms with Gasteiger partial charge in [-0.15, -0.1) is 0 Å². The van der Waals surface area contributed by atoms with Crippen molar-refractivity contribution in [3.8, 4) is 28.3 Å². The minimum Gasteiger partial charge on any atom is -0.383 e. The van der Waals surface area contributed by atoms with E-state index in [2.05, 4.69) is 46.3 Å². The summed E-state index contributed by atoms with van der Waals surface area (Å²) in [6.45, 7) is 1.49. The number of amides is 1. The number of carbonyl (C=O) groups is 1. The Balaban J connectivity index is 1.12. The van der Waals surface area contributed by atoms with E-state index in [-0.39, 0.29) is 24.5 Å². The molecule has 4 N–H and O–H groups in total. The van der Waals surface area contributed by atoms with Crippen molar-refractivity contribution in [2.24, 2.45) is 5.73 Å². The van der Waals surface area contributed by atoms with Crippen LogP contribution >= 0.6 is 0 Å². The van der Waals surface area contributed by atoms with E-state index in [4.69, 9.17) is 21.4 Å². The molecule has 11 heteroatoms. The third-order valence-corrected chi connectivity index (χ3v) is 10.2. The van der Waals surface area contributed by atoms with Crippen LogP contribution in [-0.4, -0.2) is 61.9 Å². The molecule has 2 aliphatic heterocycles. The number of carbonyl (C=O) groups excluding carboxylic acids is 1. The van der Waals surface area contributed by atoms with Gasteiger partial charge in [-0.2, -0.15) is 8.78 Å². The van der Waals surface area contributed by atoms with Gasteiger partial charge in [-0.3, -0.25) is 9.36 Å². The van der Waals surface area contributed by atoms with Gasteiger partial charge in [0, 0.05) is 60.8 Å². The van der Waals surface area contributed by atoms with Crippen molar-refractivity contribution in [3.63, 3.8) is 0 Å². The van der Waals surface area contributed by atoms with Gasteiger partial charge in [0.15, 0.2) is 11.5 Å². The Bertz CT molecular complexity index is 1980. The molecule has 0 bridgehead atoms. The number of nitrogens with zero attached hydrogens (tertiary/aromatic N) is 6. The predicted molar refractivity (Wildman–Crippen MR) is 178 cm³/mol. The van der Waals surface area contributed by atoms with E-state index in [1.807, 2.05) is 41.0 Å². The van der Waals surface area contributed by atoms with Gasteiger partial charge in [-0.05, 0) is 86.2 Å². The number of nitrogens with two attached hydrogens (primary N) is 2. The zero-order valence-corrected chi connectivity index (χ0v) is 25.9. The molecular formula is C36H36F2N8O. The van der Waals surface area contributed by atoms with Crippen molar-refractivity contribution in [3.05, 3.63) is 84.6 Å². The molecule has 0 radical (unpaired) electrons. The van der Waals surface area contributed by atoms with Crippen LogP contribution in [0.5, 0.6) is 0 Å². The highest BCUT2D eigenvalue weighted by atomic mass is 19.3. The summed E-state index contributed by atoms with van der Waals surface area (Å²) in [5, 5.41) is 0. The number of pyridine rings is 2. The minimum absolute atomic E-state index is 0.129. The molecule has 3 aromatic heterocycles. The van der Waals surface area contributed by atoms with Gasteiger partial charge in [-0.1, -0.05) is 24.3 Å². The maximum Gasteiger partial charge on any atom is 0.326 e. The molecule has 9 nitrogen and oxygen atoms in total. The van der Waals surface area contributed by atoms with Crippen LogP contribution in [0.3, 0.4) is 0 Å². The number of benzene rings is 2. The maximum atomic E-state index is 13.9. The van der Waals surface area contributed by atoms with Crippen molar-refractivity contribution in [2.45, 2.75) is 56.0 Å². The van der Waals surface area contributed by atoms with Crippen LogP contribution in [0, 0.1) is 0 Å². The number of likely N-dealkylation sites (tertiary alicyclic amines) is 1. The molecule has 5 heterocycles. The molecule has 2 saturated heterocycles. The molecule has 8 rings (SSSR count). The third kappa shape index (κ3) is 5.09. The molecule has 0 spiro atoms. The van der Waals surface area contributed by atoms with Crippen molar-refractivity contribution in [1.29, 1.82) is 0 Å². The summed E-state index contributed by atoms with van der Waals surface area (Å²) >= 11 is 0. The molecule has 3 aliphatic rings. The highest BCUT2D eigenvalue weighted by Crippen LogP contribution is 2.40. The average molecular weight is 635 g/mol. The van der Waals surface area contributed by atoms with Crippen molar-refractivity contribution >= 4 is 28.6 Å². The second kappa shape index (κ2) is 11.1. The average Bonchev–Trinajstić information content (AvgIpc) is 3.59. The normalized spacial score (nSPS) is 19.3. The number of alkyl halides is 2. The van der Waals surface area contributed by atoms with E-state index < -0.39 is 11.8 Å². The SMILES string of the molecule is Nc1ncccc1-c1nc2ccc(-c3cccc(N4CCC(N5CCC(F)(F)C5=O)CC4)c3)nc2n1-c1ccc(C2(N)CCC2)cc1. The van der Waals surface area contributed by atoms with Gasteiger partial charge < -0.3 is 21.3 Å². The lowest BCUT2D eigenvalue weighted by atomic mass is 9.73. The Morgan fingerprint density at radius 1 is 0.851 bits per heavy atom. The number of fused-ring (bicyclic) bond motifs is 1. The van der Waals surface area contributed by atoms with Crippen molar-refractivity contribution in [1.82, 2.24) is 24.4 Å². The zero-order valence-electron chi connectivity index (χ0n) is 25.9. The van der Waals surface area contributed by atoms with E-state index in [1.54, 1.807) is 6.20 Å². The number of imidazole rings is 1. The second-order valence-corrected chi connectivity index (χ2v) is 13.0. The predicted octanol–water partition coefficient (Wildman–Crippen LogP) is 5.91. The summed E-state index contributed by atoms with van der Waals surface area (Å²) in [6.07, 6.45) is 5.69. The lowest BCUT2D eigenvalue weighted by Crippen LogP contribution is -2.47. The van der Waals surface area contributed by atoms with Crippen LogP contribution in [0.25, 0.3) is 39.5 Å². The number of anilines is 2. The van der Waals surface area contributed by atoms with Gasteiger partial charge in [0.1, 0.15) is 11.3 Å². The summed E-state index contributed by atoms with van der Waals surface area (Å²) in [6, 6.07) is 24.1. The number of aromatic nitrogens is 4. The number of piperidine rings is 1. The Kier molecular flexibility index (Phi) is 6.98. The number of nitrogen functional groups attached to an aromatic ring is 1. The Labute approximate surface area is 271 Å². The molecule has 240 valence electrons. The van der Waals surface area contributed by atoms with Crippen LogP contribution in [0.1, 0.15) is 44.1 Å². The minimum atomic E-state index is -3.23. The molecular weight excluding hydrogens is 598 g/mol. The summed E-state index contributed by atoms with van der Waals surface area (Å²) in [7, 11) is 0. The van der Waals surface area contributed by atoms with Gasteiger partial charge in [0.2, 0.25) is 0 Å². The standard InChI is InChI=1S/C36H36F2N8O/c37-36(38)17-21-45(34(36)47)25-13-19-44(20-14-25)27-5-1-4-23(22-27)29-11-12-30-33(42-29)46(32(43-30)28-6-2-18-41-31(28)39)26-9-7-24(8-10-26)35(40)15-3-16-35/h1-2,4-12,18,22,25H,3,13-17,19-21,40H2,(H2,39,41). The molecule has 3 fully saturated rings. The molecule has 0 unspecified atom stereocenters. The first-order valence-electron chi connectivity index (χ1n) is 16.2. The molecule has 1 aliphatic carbocycles. The van der Waals surface area contributed by atoms with Crippen molar-refractivity contribution in [2.75, 3.05) is 30.3 Å². The van der Waals surface area contributed by atoms with Crippen LogP contribution in [-0.2, 0) is 10.3 Å².